The molecule has 0 bridgehead atoms. The number of hydrogen-bond donors (Lipinski definition) is 5. The number of hydrogen-bond acceptors (Lipinski definition) is 6. The van der Waals surface area contributed by atoms with E-state index in [-0.39, 0.29) is 17.0 Å². The Kier molecular flexibility index (Phi) is 18.7. The van der Waals surface area contributed by atoms with Crippen molar-refractivity contribution >= 4 is 5.69 Å². The first-order valence-corrected chi connectivity index (χ1v) is 16.6. The lowest BCUT2D eigenvalue weighted by Crippen LogP contribution is -2.51. The van der Waals surface area contributed by atoms with Crippen molar-refractivity contribution in [3.8, 4) is 0 Å². The van der Waals surface area contributed by atoms with E-state index in [1.807, 2.05) is 25.3 Å². The highest BCUT2D eigenvalue weighted by atomic mass is 15.2. The molecule has 0 spiro atoms. The van der Waals surface area contributed by atoms with Crippen molar-refractivity contribution in [1.29, 1.82) is 0 Å². The van der Waals surface area contributed by atoms with Gasteiger partial charge in [-0.1, -0.05) is 106 Å². The number of benzene rings is 1. The average Bonchev–Trinajstić information content (AvgIpc) is 2.94. The molecule has 1 aromatic rings. The maximum absolute atomic E-state index is 5.17. The second-order valence-corrected chi connectivity index (χ2v) is 14.0. The lowest BCUT2D eigenvalue weighted by Gasteiger charge is -2.50. The predicted octanol–water partition coefficient (Wildman–Crippen LogP) is 9.19. The molecule has 0 saturated carbocycles. The van der Waals surface area contributed by atoms with Gasteiger partial charge in [0.25, 0.3) is 0 Å². The normalized spacial score (nSPS) is 12.1. The summed E-state index contributed by atoms with van der Waals surface area (Å²) in [6, 6.07) is 8.63. The largest absolute Gasteiger partial charge is 0.386 e. The first kappa shape index (κ1) is 42.2. The number of allylic oxidation sites excluding steroid dienone is 3. The number of nitrogens with one attached hydrogen (secondary N) is 4. The van der Waals surface area contributed by atoms with Gasteiger partial charge in [-0.25, -0.2) is 0 Å². The van der Waals surface area contributed by atoms with Crippen LogP contribution in [0.15, 0.2) is 111 Å². The van der Waals surface area contributed by atoms with Crippen LogP contribution in [0.5, 0.6) is 0 Å². The molecule has 0 fully saturated rings. The zero-order chi connectivity index (χ0) is 35.7. The van der Waals surface area contributed by atoms with Crippen LogP contribution in [-0.4, -0.2) is 29.6 Å². The van der Waals surface area contributed by atoms with Crippen LogP contribution in [0.3, 0.4) is 0 Å². The van der Waals surface area contributed by atoms with Crippen molar-refractivity contribution < 1.29 is 0 Å². The number of anilines is 1. The third-order valence-corrected chi connectivity index (χ3v) is 8.22. The highest BCUT2D eigenvalue weighted by Crippen LogP contribution is 2.42. The third-order valence-electron chi connectivity index (χ3n) is 8.22. The quantitative estimate of drug-likeness (QED) is 0.0870. The second-order valence-electron chi connectivity index (χ2n) is 14.0. The van der Waals surface area contributed by atoms with Crippen molar-refractivity contribution in [3.63, 3.8) is 0 Å². The van der Waals surface area contributed by atoms with E-state index >= 15 is 0 Å². The summed E-state index contributed by atoms with van der Waals surface area (Å²) in [4.78, 5) is 2.15. The first-order valence-electron chi connectivity index (χ1n) is 16.6. The minimum Gasteiger partial charge on any atom is -0.386 e. The number of nitrogens with zero attached hydrogens (tertiary/aromatic N) is 1. The fourth-order valence-corrected chi connectivity index (χ4v) is 5.04. The molecule has 0 aliphatic rings. The average molecular weight is 633 g/mol. The summed E-state index contributed by atoms with van der Waals surface area (Å²) in [5, 5.41) is 13.4. The minimum atomic E-state index is -0.241. The Morgan fingerprint density at radius 1 is 0.935 bits per heavy atom. The molecule has 0 heterocycles. The Balaban J connectivity index is 0.00000258. The monoisotopic (exact) mass is 633 g/mol. The van der Waals surface area contributed by atoms with E-state index < -0.39 is 0 Å². The molecule has 0 aliphatic carbocycles. The number of nitrogens with two attached hydrogens (primary N) is 1. The first-order chi connectivity index (χ1) is 21.3. The van der Waals surface area contributed by atoms with E-state index in [9.17, 15) is 0 Å². The van der Waals surface area contributed by atoms with Gasteiger partial charge in [-0.05, 0) is 87.3 Å². The van der Waals surface area contributed by atoms with Crippen LogP contribution < -0.4 is 27.0 Å². The third kappa shape index (κ3) is 15.0. The molecule has 0 radical (unpaired) electrons. The summed E-state index contributed by atoms with van der Waals surface area (Å²) < 4.78 is 0. The molecule has 6 nitrogen and oxygen atoms in total. The van der Waals surface area contributed by atoms with E-state index in [1.165, 1.54) is 5.56 Å². The Morgan fingerprint density at radius 2 is 1.52 bits per heavy atom. The van der Waals surface area contributed by atoms with E-state index in [0.29, 0.717) is 24.2 Å². The minimum absolute atomic E-state index is 0.0352. The van der Waals surface area contributed by atoms with Gasteiger partial charge >= 0.3 is 0 Å². The highest BCUT2D eigenvalue weighted by molar-refractivity contribution is 5.49. The summed E-state index contributed by atoms with van der Waals surface area (Å²) in [5.41, 5.74) is 10.9. The molecule has 6 heteroatoms. The van der Waals surface area contributed by atoms with Gasteiger partial charge in [0.2, 0.25) is 0 Å². The molecular formula is C40H68N6. The predicted molar refractivity (Wildman–Crippen MR) is 206 cm³/mol. The Bertz CT molecular complexity index is 1170. The summed E-state index contributed by atoms with van der Waals surface area (Å²) >= 11 is 0. The van der Waals surface area contributed by atoms with Gasteiger partial charge in [-0.3, -0.25) is 0 Å². The Morgan fingerprint density at radius 3 is 1.96 bits per heavy atom. The van der Waals surface area contributed by atoms with Crippen LogP contribution in [0, 0.1) is 17.3 Å². The highest BCUT2D eigenvalue weighted by Gasteiger charge is 2.41. The molecule has 0 amide bonds. The van der Waals surface area contributed by atoms with Gasteiger partial charge in [-0.15, -0.1) is 0 Å². The van der Waals surface area contributed by atoms with Gasteiger partial charge in [0, 0.05) is 40.6 Å². The van der Waals surface area contributed by atoms with Crippen LogP contribution in [0.4, 0.5) is 5.69 Å². The molecule has 1 atom stereocenters. The molecule has 46 heavy (non-hydrogen) atoms. The zero-order valence-corrected chi connectivity index (χ0v) is 31.1. The molecular weight excluding hydrogens is 564 g/mol. The SMILES string of the molecule is C=C(N)NCCC.C=CN(C(=C)/C=C\C)C(C)(C)C(C)(C)CC(=C)NC(C(=C)NCC(=C)Nc1ccc(CC(C)C)cc1)C(C)C. The molecule has 0 aromatic heterocycles. The van der Waals surface area contributed by atoms with Gasteiger partial charge < -0.3 is 31.9 Å². The Hall–Kier alpha value is -3.80. The molecule has 6 N–H and O–H groups in total. The molecule has 0 saturated heterocycles. The fraction of sp³-hybridized carbons (Fsp3) is 0.500. The number of rotatable bonds is 21. The van der Waals surface area contributed by atoms with Gasteiger partial charge in [0.1, 0.15) is 0 Å². The summed E-state index contributed by atoms with van der Waals surface area (Å²) in [6.07, 6.45) is 8.85. The molecule has 0 aliphatic heterocycles. The maximum atomic E-state index is 5.17. The van der Waals surface area contributed by atoms with Gasteiger partial charge in [0.15, 0.2) is 0 Å². The van der Waals surface area contributed by atoms with Crippen molar-refractivity contribution in [3.05, 3.63) is 116 Å². The molecule has 258 valence electrons. The Labute approximate surface area is 283 Å². The second kappa shape index (κ2) is 20.3. The smallest absolute Gasteiger partial charge is 0.0885 e. The van der Waals surface area contributed by atoms with E-state index in [0.717, 1.165) is 54.3 Å². The lowest BCUT2D eigenvalue weighted by molar-refractivity contribution is 0.0731. The van der Waals surface area contributed by atoms with Crippen molar-refractivity contribution in [1.82, 2.24) is 20.9 Å². The van der Waals surface area contributed by atoms with Crippen LogP contribution >= 0.6 is 0 Å². The van der Waals surface area contributed by atoms with Crippen LogP contribution in [0.25, 0.3) is 0 Å². The summed E-state index contributed by atoms with van der Waals surface area (Å²) in [6.45, 7) is 48.2. The molecule has 1 rings (SSSR count). The van der Waals surface area contributed by atoms with E-state index in [2.05, 4.69) is 152 Å². The summed E-state index contributed by atoms with van der Waals surface area (Å²) in [7, 11) is 0. The molecule has 1 aromatic carbocycles. The van der Waals surface area contributed by atoms with Crippen molar-refractivity contribution in [2.45, 2.75) is 100 Å². The zero-order valence-electron chi connectivity index (χ0n) is 31.1. The van der Waals surface area contributed by atoms with Crippen LogP contribution in [0.1, 0.15) is 87.6 Å². The van der Waals surface area contributed by atoms with Crippen LogP contribution in [0.2, 0.25) is 0 Å². The van der Waals surface area contributed by atoms with Gasteiger partial charge in [0.05, 0.1) is 18.4 Å². The van der Waals surface area contributed by atoms with E-state index in [4.69, 9.17) is 5.73 Å². The molecule has 1 unspecified atom stereocenters. The van der Waals surface area contributed by atoms with Crippen molar-refractivity contribution in [2.24, 2.45) is 23.0 Å². The summed E-state index contributed by atoms with van der Waals surface area (Å²) in [5.74, 6) is 1.53. The van der Waals surface area contributed by atoms with Crippen molar-refractivity contribution in [2.75, 3.05) is 18.4 Å². The van der Waals surface area contributed by atoms with Crippen LogP contribution in [-0.2, 0) is 6.42 Å². The fourth-order valence-electron chi connectivity index (χ4n) is 5.04. The van der Waals surface area contributed by atoms with E-state index in [1.54, 1.807) is 0 Å². The standard InChI is InChI=1S/C35H56N4.C5H12N2/c1-15-17-29(9)39(16-2)35(13,14)34(11,12)23-27(7)38-33(26(5)6)30(10)36-24-28(8)37-32-20-18-31(19-21-32)22-25(3)4;1-3-4-7-5(2)6/h15-21,25-26,33,36-38H,2,7-10,22-24H2,1,3-6,11-14H3;7H,2-4,6H2,1H3/b17-15-;. The topological polar surface area (TPSA) is 77.4 Å². The van der Waals surface area contributed by atoms with Gasteiger partial charge in [-0.2, -0.15) is 0 Å². The lowest BCUT2D eigenvalue weighted by atomic mass is 9.70. The maximum Gasteiger partial charge on any atom is 0.0885 e.